The molecule has 0 radical (unpaired) electrons. The van der Waals surface area contributed by atoms with Gasteiger partial charge in [-0.3, -0.25) is 4.79 Å². The predicted octanol–water partition coefficient (Wildman–Crippen LogP) is 2.27. The van der Waals surface area contributed by atoms with Crippen molar-refractivity contribution in [1.82, 2.24) is 0 Å². The number of allylic oxidation sites excluding steroid dienone is 2. The summed E-state index contributed by atoms with van der Waals surface area (Å²) < 4.78 is 0. The summed E-state index contributed by atoms with van der Waals surface area (Å²) in [6.07, 6.45) is 1.86. The van der Waals surface area contributed by atoms with Crippen LogP contribution in [0.2, 0.25) is 0 Å². The number of carbonyl (C=O) groups excluding carboxylic acids is 1. The molecule has 0 N–H and O–H groups in total. The van der Waals surface area contributed by atoms with Gasteiger partial charge in [-0.2, -0.15) is 0 Å². The van der Waals surface area contributed by atoms with Gasteiger partial charge in [-0.25, -0.2) is 0 Å². The average molecular weight is 155 g/mol. The summed E-state index contributed by atoms with van der Waals surface area (Å²) in [6.45, 7) is 5.35. The second-order valence-corrected chi connectivity index (χ2v) is 2.94. The van der Waals surface area contributed by atoms with Gasteiger partial charge >= 0.3 is 0 Å². The van der Waals surface area contributed by atoms with Gasteiger partial charge in [0.05, 0.1) is 5.70 Å². The molecule has 0 aliphatic rings. The highest BCUT2D eigenvalue weighted by Gasteiger charge is 2.01. The van der Waals surface area contributed by atoms with Gasteiger partial charge in [-0.05, 0) is 24.4 Å². The van der Waals surface area contributed by atoms with E-state index in [1.807, 2.05) is 13.8 Å². The lowest BCUT2D eigenvalue weighted by atomic mass is 10.1. The van der Waals surface area contributed by atoms with E-state index in [-0.39, 0.29) is 5.78 Å². The normalized spacial score (nSPS) is 11.8. The van der Waals surface area contributed by atoms with Crippen LogP contribution in [0.15, 0.2) is 16.9 Å². The lowest BCUT2D eigenvalue weighted by Crippen LogP contribution is -1.92. The van der Waals surface area contributed by atoms with E-state index in [9.17, 15) is 9.70 Å². The highest BCUT2D eigenvalue weighted by molar-refractivity contribution is 5.87. The maximum Gasteiger partial charge on any atom is 0.154 e. The van der Waals surface area contributed by atoms with E-state index in [4.69, 9.17) is 0 Å². The monoisotopic (exact) mass is 155 g/mol. The number of rotatable bonds is 4. The highest BCUT2D eigenvalue weighted by atomic mass is 16.3. The van der Waals surface area contributed by atoms with Gasteiger partial charge in [0.15, 0.2) is 5.78 Å². The molecule has 3 heteroatoms. The Balaban J connectivity index is 4.16. The lowest BCUT2D eigenvalue weighted by Gasteiger charge is -2.00. The Bertz CT molecular complexity index is 183. The molecule has 0 saturated heterocycles. The van der Waals surface area contributed by atoms with E-state index in [1.54, 1.807) is 0 Å². The second kappa shape index (κ2) is 4.77. The third kappa shape index (κ3) is 5.45. The average Bonchev–Trinajstić information content (AvgIpc) is 1.84. The number of nitroso groups, excluding NO2 is 1. The van der Waals surface area contributed by atoms with Gasteiger partial charge < -0.3 is 0 Å². The number of hydrogen-bond acceptors (Lipinski definition) is 3. The highest BCUT2D eigenvalue weighted by Crippen LogP contribution is 2.10. The number of ketones is 1. The fourth-order valence-corrected chi connectivity index (χ4v) is 0.775. The summed E-state index contributed by atoms with van der Waals surface area (Å²) in [5.74, 6) is 0.235. The molecular weight excluding hydrogens is 142 g/mol. The Kier molecular flexibility index (Phi) is 4.34. The molecule has 3 nitrogen and oxygen atoms in total. The maximum absolute atomic E-state index is 10.5. The van der Waals surface area contributed by atoms with Crippen molar-refractivity contribution in [2.75, 3.05) is 0 Å². The van der Waals surface area contributed by atoms with Crippen molar-refractivity contribution in [3.05, 3.63) is 16.7 Å². The minimum absolute atomic E-state index is 0.125. The van der Waals surface area contributed by atoms with Crippen LogP contribution in [-0.2, 0) is 4.79 Å². The van der Waals surface area contributed by atoms with Gasteiger partial charge in [0.1, 0.15) is 0 Å². The molecular formula is C8H13NO2. The molecule has 0 amide bonds. The maximum atomic E-state index is 10.5. The van der Waals surface area contributed by atoms with Gasteiger partial charge in [-0.15, -0.1) is 4.91 Å². The minimum Gasteiger partial charge on any atom is -0.295 e. The van der Waals surface area contributed by atoms with Crippen LogP contribution in [0.4, 0.5) is 0 Å². The number of hydrogen-bond donors (Lipinski definition) is 0. The Morgan fingerprint density at radius 3 is 2.36 bits per heavy atom. The molecule has 0 heterocycles. The van der Waals surface area contributed by atoms with E-state index in [0.717, 1.165) is 0 Å². The molecule has 0 rings (SSSR count). The van der Waals surface area contributed by atoms with Crippen LogP contribution >= 0.6 is 0 Å². The van der Waals surface area contributed by atoms with Crippen LogP contribution < -0.4 is 0 Å². The first-order valence-electron chi connectivity index (χ1n) is 3.60. The van der Waals surface area contributed by atoms with Gasteiger partial charge in [0.25, 0.3) is 0 Å². The predicted molar refractivity (Wildman–Crippen MR) is 44.0 cm³/mol. The van der Waals surface area contributed by atoms with Gasteiger partial charge in [0, 0.05) is 6.08 Å². The van der Waals surface area contributed by atoms with E-state index in [2.05, 4.69) is 5.18 Å². The van der Waals surface area contributed by atoms with Crippen molar-refractivity contribution in [3.8, 4) is 0 Å². The van der Waals surface area contributed by atoms with E-state index in [1.165, 1.54) is 13.0 Å². The number of carbonyl (C=O) groups is 1. The van der Waals surface area contributed by atoms with E-state index >= 15 is 0 Å². The van der Waals surface area contributed by atoms with Crippen molar-refractivity contribution < 1.29 is 4.79 Å². The molecule has 0 bridgehead atoms. The Morgan fingerprint density at radius 2 is 2.09 bits per heavy atom. The Labute approximate surface area is 66.5 Å². The fraction of sp³-hybridized carbons (Fsp3) is 0.625. The van der Waals surface area contributed by atoms with E-state index in [0.29, 0.717) is 18.0 Å². The van der Waals surface area contributed by atoms with Gasteiger partial charge in [0.2, 0.25) is 0 Å². The summed E-state index contributed by atoms with van der Waals surface area (Å²) in [5, 5.41) is 2.76. The summed E-state index contributed by atoms with van der Waals surface area (Å²) in [6, 6.07) is 0. The third-order valence-electron chi connectivity index (χ3n) is 1.10. The van der Waals surface area contributed by atoms with Crippen LogP contribution in [0.1, 0.15) is 27.2 Å². The summed E-state index contributed by atoms with van der Waals surface area (Å²) in [4.78, 5) is 20.6. The minimum atomic E-state index is -0.125. The van der Waals surface area contributed by atoms with Crippen molar-refractivity contribution in [2.45, 2.75) is 27.2 Å². The van der Waals surface area contributed by atoms with Crippen molar-refractivity contribution in [3.63, 3.8) is 0 Å². The van der Waals surface area contributed by atoms with Crippen LogP contribution in [0, 0.1) is 10.8 Å². The first kappa shape index (κ1) is 10.0. The molecule has 62 valence electrons. The third-order valence-corrected chi connectivity index (χ3v) is 1.10. The van der Waals surface area contributed by atoms with E-state index < -0.39 is 0 Å². The zero-order chi connectivity index (χ0) is 8.85. The smallest absolute Gasteiger partial charge is 0.154 e. The van der Waals surface area contributed by atoms with Crippen molar-refractivity contribution in [2.24, 2.45) is 11.1 Å². The van der Waals surface area contributed by atoms with Gasteiger partial charge in [-0.1, -0.05) is 13.8 Å². The quantitative estimate of drug-likeness (QED) is 0.461. The van der Waals surface area contributed by atoms with Crippen LogP contribution in [0.25, 0.3) is 0 Å². The van der Waals surface area contributed by atoms with Crippen LogP contribution in [0.5, 0.6) is 0 Å². The first-order chi connectivity index (χ1) is 5.06. The Hall–Kier alpha value is -0.990. The largest absolute Gasteiger partial charge is 0.295 e. The lowest BCUT2D eigenvalue weighted by molar-refractivity contribution is -0.112. The molecule has 0 aromatic rings. The molecule has 0 aromatic heterocycles. The Morgan fingerprint density at radius 1 is 1.55 bits per heavy atom. The standard InChI is InChI=1S/C8H13NO2/c1-6(2)4-8(9-11)5-7(3)10/h5-6H,4H2,1-3H3/b8-5-. The van der Waals surface area contributed by atoms with Crippen LogP contribution in [0.3, 0.4) is 0 Å². The molecule has 0 aromatic carbocycles. The molecule has 0 unspecified atom stereocenters. The molecule has 0 atom stereocenters. The fourth-order valence-electron chi connectivity index (χ4n) is 0.775. The zero-order valence-corrected chi connectivity index (χ0v) is 7.13. The molecule has 0 spiro atoms. The van der Waals surface area contributed by atoms with Crippen molar-refractivity contribution >= 4 is 5.78 Å². The second-order valence-electron chi connectivity index (χ2n) is 2.94. The van der Waals surface area contributed by atoms with Crippen molar-refractivity contribution in [1.29, 1.82) is 0 Å². The summed E-state index contributed by atoms with van der Waals surface area (Å²) in [7, 11) is 0. The summed E-state index contributed by atoms with van der Waals surface area (Å²) in [5.41, 5.74) is 0.340. The molecule has 0 saturated carbocycles. The summed E-state index contributed by atoms with van der Waals surface area (Å²) >= 11 is 0. The number of nitrogens with zero attached hydrogens (tertiary/aromatic N) is 1. The molecule has 0 fully saturated rings. The topological polar surface area (TPSA) is 46.5 Å². The zero-order valence-electron chi connectivity index (χ0n) is 7.13. The first-order valence-corrected chi connectivity index (χ1v) is 3.60. The SMILES string of the molecule is CC(=O)/C=C(/CC(C)C)N=O. The van der Waals surface area contributed by atoms with Crippen LogP contribution in [-0.4, -0.2) is 5.78 Å². The molecule has 11 heavy (non-hydrogen) atoms. The molecule has 0 aliphatic heterocycles. The molecule has 0 aliphatic carbocycles.